The molecule has 0 unspecified atom stereocenters. The van der Waals surface area contributed by atoms with Crippen LogP contribution in [0.5, 0.6) is 0 Å². The molecule has 6 nitrogen and oxygen atoms in total. The van der Waals surface area contributed by atoms with E-state index in [1.165, 1.54) is 0 Å². The van der Waals surface area contributed by atoms with Gasteiger partial charge >= 0.3 is 0 Å². The number of amides is 1. The number of anilines is 1. The number of aromatic nitrogens is 3. The molecular weight excluding hydrogens is 322 g/mol. The van der Waals surface area contributed by atoms with Crippen LogP contribution >= 0.6 is 11.3 Å². The lowest BCUT2D eigenvalue weighted by molar-refractivity contribution is -0.120. The number of hydrogen-bond acceptors (Lipinski definition) is 5. The average Bonchev–Trinajstić information content (AvgIpc) is 3.22. The first-order chi connectivity index (χ1) is 11.5. The zero-order valence-corrected chi connectivity index (χ0v) is 15.9. The summed E-state index contributed by atoms with van der Waals surface area (Å²) in [7, 11) is 1.95. The number of carbonyl (C=O) groups is 1. The maximum absolute atomic E-state index is 12.6. The molecule has 0 saturated carbocycles. The van der Waals surface area contributed by atoms with Crippen LogP contribution in [0.25, 0.3) is 0 Å². The summed E-state index contributed by atoms with van der Waals surface area (Å²) in [4.78, 5) is 19.1. The van der Waals surface area contributed by atoms with Crippen molar-refractivity contribution in [1.82, 2.24) is 19.7 Å². The van der Waals surface area contributed by atoms with Crippen molar-refractivity contribution in [3.63, 3.8) is 0 Å². The average molecular weight is 350 g/mol. The van der Waals surface area contributed by atoms with Gasteiger partial charge in [0, 0.05) is 18.0 Å². The lowest BCUT2D eigenvalue weighted by atomic mass is 10.2. The van der Waals surface area contributed by atoms with Gasteiger partial charge in [-0.2, -0.15) is 5.10 Å². The Balaban J connectivity index is 1.97. The van der Waals surface area contributed by atoms with Crippen molar-refractivity contribution in [2.75, 3.05) is 12.4 Å². The molecule has 0 aromatic carbocycles. The van der Waals surface area contributed by atoms with Crippen molar-refractivity contribution in [1.29, 1.82) is 0 Å². The minimum absolute atomic E-state index is 0.0338. The van der Waals surface area contributed by atoms with Gasteiger partial charge in [0.1, 0.15) is 5.82 Å². The molecule has 0 saturated heterocycles. The van der Waals surface area contributed by atoms with Gasteiger partial charge in [-0.3, -0.25) is 9.69 Å². The highest BCUT2D eigenvalue weighted by atomic mass is 32.1. The van der Waals surface area contributed by atoms with Gasteiger partial charge in [0.15, 0.2) is 0 Å². The number of hydrogen-bond donors (Lipinski definition) is 1. The van der Waals surface area contributed by atoms with E-state index < -0.39 is 0 Å². The third-order valence-corrected chi connectivity index (χ3v) is 5.33. The van der Waals surface area contributed by atoms with Crippen LogP contribution in [0.2, 0.25) is 0 Å². The summed E-state index contributed by atoms with van der Waals surface area (Å²) in [5, 5.41) is 10.5. The topological polar surface area (TPSA) is 63.1 Å². The van der Waals surface area contributed by atoms with E-state index in [4.69, 9.17) is 0 Å². The van der Waals surface area contributed by atoms with Gasteiger partial charge in [-0.15, -0.1) is 11.3 Å². The molecular formula is C17H27N5OS. The summed E-state index contributed by atoms with van der Waals surface area (Å²) in [6, 6.07) is 1.84. The molecule has 2 rings (SSSR count). The summed E-state index contributed by atoms with van der Waals surface area (Å²) in [5.41, 5.74) is 1.02. The van der Waals surface area contributed by atoms with E-state index >= 15 is 0 Å². The minimum Gasteiger partial charge on any atom is -0.310 e. The Morgan fingerprint density at radius 3 is 2.79 bits per heavy atom. The summed E-state index contributed by atoms with van der Waals surface area (Å²) < 4.78 is 1.86. The smallest absolute Gasteiger partial charge is 0.242 e. The first kappa shape index (κ1) is 18.6. The van der Waals surface area contributed by atoms with E-state index in [9.17, 15) is 4.79 Å². The Labute approximate surface area is 147 Å². The monoisotopic (exact) mass is 349 g/mol. The van der Waals surface area contributed by atoms with Crippen molar-refractivity contribution >= 4 is 23.1 Å². The molecule has 2 atom stereocenters. The Kier molecular flexibility index (Phi) is 6.51. The number of rotatable bonds is 8. The second kappa shape index (κ2) is 8.39. The van der Waals surface area contributed by atoms with E-state index in [-0.39, 0.29) is 18.0 Å². The highest BCUT2D eigenvalue weighted by Gasteiger charge is 2.21. The van der Waals surface area contributed by atoms with E-state index in [0.717, 1.165) is 29.4 Å². The standard InChI is InChI=1S/C17H27N5OS/c1-6-12(3)22-15(8-9-18-22)20-17(23)13(4)21(5)10-14-11-24-16(7-2)19-14/h8-9,11-13H,6-7,10H2,1-5H3,(H,20,23)/t12-,13-/m1/s1. The van der Waals surface area contributed by atoms with Crippen LogP contribution in [0.1, 0.15) is 50.9 Å². The van der Waals surface area contributed by atoms with Gasteiger partial charge in [0.25, 0.3) is 0 Å². The van der Waals surface area contributed by atoms with Crippen LogP contribution in [0, 0.1) is 0 Å². The largest absolute Gasteiger partial charge is 0.310 e. The molecule has 1 N–H and O–H groups in total. The molecule has 0 aliphatic carbocycles. The quantitative estimate of drug-likeness (QED) is 0.794. The first-order valence-corrected chi connectivity index (χ1v) is 9.32. The number of thiazole rings is 1. The van der Waals surface area contributed by atoms with E-state index in [2.05, 4.69) is 41.6 Å². The van der Waals surface area contributed by atoms with Crippen molar-refractivity contribution in [3.8, 4) is 0 Å². The lowest BCUT2D eigenvalue weighted by Gasteiger charge is -2.23. The fraction of sp³-hybridized carbons (Fsp3) is 0.588. The number of nitrogens with zero attached hydrogens (tertiary/aromatic N) is 4. The Bertz CT molecular complexity index is 665. The van der Waals surface area contributed by atoms with E-state index in [1.54, 1.807) is 17.5 Å². The van der Waals surface area contributed by atoms with Crippen LogP contribution < -0.4 is 5.32 Å². The molecule has 0 spiro atoms. The Morgan fingerprint density at radius 2 is 2.17 bits per heavy atom. The number of likely N-dealkylation sites (N-methyl/N-ethyl adjacent to an activating group) is 1. The van der Waals surface area contributed by atoms with Crippen molar-refractivity contribution in [3.05, 3.63) is 28.3 Å². The summed E-state index contributed by atoms with van der Waals surface area (Å²) >= 11 is 1.67. The number of carbonyl (C=O) groups excluding carboxylic acids is 1. The minimum atomic E-state index is -0.253. The first-order valence-electron chi connectivity index (χ1n) is 8.44. The molecule has 7 heteroatoms. The predicted octanol–water partition coefficient (Wildman–Crippen LogP) is 3.33. The molecule has 0 fully saturated rings. The maximum Gasteiger partial charge on any atom is 0.242 e. The van der Waals surface area contributed by atoms with Crippen molar-refractivity contribution in [2.45, 2.75) is 59.2 Å². The molecule has 2 aromatic heterocycles. The van der Waals surface area contributed by atoms with E-state index in [1.807, 2.05) is 29.6 Å². The summed E-state index contributed by atoms with van der Waals surface area (Å²) in [5.74, 6) is 0.713. The fourth-order valence-electron chi connectivity index (χ4n) is 2.34. The summed E-state index contributed by atoms with van der Waals surface area (Å²) in [6.45, 7) is 8.86. The molecule has 0 radical (unpaired) electrons. The van der Waals surface area contributed by atoms with Gasteiger partial charge in [-0.1, -0.05) is 13.8 Å². The maximum atomic E-state index is 12.6. The number of nitrogens with one attached hydrogen (secondary N) is 1. The lowest BCUT2D eigenvalue weighted by Crippen LogP contribution is -2.39. The normalized spacial score (nSPS) is 13.9. The summed E-state index contributed by atoms with van der Waals surface area (Å²) in [6.07, 6.45) is 3.63. The van der Waals surface area contributed by atoms with Gasteiger partial charge in [0.2, 0.25) is 5.91 Å². The molecule has 0 aliphatic rings. The zero-order valence-electron chi connectivity index (χ0n) is 15.1. The highest BCUT2D eigenvalue weighted by molar-refractivity contribution is 7.09. The number of aryl methyl sites for hydroxylation is 1. The fourth-order valence-corrected chi connectivity index (χ4v) is 3.08. The zero-order chi connectivity index (χ0) is 17.7. The predicted molar refractivity (Wildman–Crippen MR) is 98.3 cm³/mol. The van der Waals surface area contributed by atoms with Crippen LogP contribution in [0.4, 0.5) is 5.82 Å². The second-order valence-corrected chi connectivity index (χ2v) is 7.03. The van der Waals surface area contributed by atoms with Crippen LogP contribution in [-0.4, -0.2) is 38.7 Å². The molecule has 132 valence electrons. The third-order valence-electron chi connectivity index (χ3n) is 4.28. The molecule has 1 amide bonds. The van der Waals surface area contributed by atoms with Crippen LogP contribution in [0.15, 0.2) is 17.6 Å². The van der Waals surface area contributed by atoms with Crippen LogP contribution in [0.3, 0.4) is 0 Å². The van der Waals surface area contributed by atoms with Gasteiger partial charge < -0.3 is 5.32 Å². The van der Waals surface area contributed by atoms with Gasteiger partial charge in [0.05, 0.1) is 29.0 Å². The van der Waals surface area contributed by atoms with Gasteiger partial charge in [-0.25, -0.2) is 9.67 Å². The van der Waals surface area contributed by atoms with Crippen LogP contribution in [-0.2, 0) is 17.8 Å². The van der Waals surface area contributed by atoms with Crippen molar-refractivity contribution < 1.29 is 4.79 Å². The Morgan fingerprint density at radius 1 is 1.42 bits per heavy atom. The van der Waals surface area contributed by atoms with Gasteiger partial charge in [-0.05, 0) is 33.7 Å². The molecule has 0 bridgehead atoms. The van der Waals surface area contributed by atoms with Crippen molar-refractivity contribution in [2.24, 2.45) is 0 Å². The molecule has 0 aliphatic heterocycles. The molecule has 24 heavy (non-hydrogen) atoms. The molecule has 2 aromatic rings. The third kappa shape index (κ3) is 4.42. The second-order valence-electron chi connectivity index (χ2n) is 6.08. The SMILES string of the molecule is CCc1nc(CN(C)[C@H](C)C(=O)Nc2ccnn2[C@H](C)CC)cs1. The van der Waals surface area contributed by atoms with E-state index in [0.29, 0.717) is 6.54 Å². The Hall–Kier alpha value is -1.73. The highest BCUT2D eigenvalue weighted by Crippen LogP contribution is 2.17. The molecule has 2 heterocycles.